The topological polar surface area (TPSA) is 35.2 Å². The molecule has 2 N–H and O–H groups in total. The number of hydrogen-bond donors (Lipinski definition) is 1. The Morgan fingerprint density at radius 3 is 2.56 bits per heavy atom. The fourth-order valence-corrected chi connectivity index (χ4v) is 2.46. The number of methoxy groups -OCH3 is 1. The number of halogens is 1. The van der Waals surface area contributed by atoms with Crippen LogP contribution in [0.5, 0.6) is 5.75 Å². The Balaban J connectivity index is 2.37. The third-order valence-corrected chi connectivity index (χ3v) is 3.46. The first-order chi connectivity index (χ1) is 7.65. The lowest BCUT2D eigenvalue weighted by Crippen LogP contribution is -2.39. The summed E-state index contributed by atoms with van der Waals surface area (Å²) in [6.07, 6.45) is 5.07. The van der Waals surface area contributed by atoms with Crippen LogP contribution in [-0.4, -0.2) is 7.11 Å². The Labute approximate surface area is 95.6 Å². The van der Waals surface area contributed by atoms with Crippen LogP contribution in [0.25, 0.3) is 0 Å². The van der Waals surface area contributed by atoms with E-state index < -0.39 is 5.54 Å². The molecule has 1 aliphatic rings. The quantitative estimate of drug-likeness (QED) is 0.836. The Bertz CT molecular complexity index is 372. The van der Waals surface area contributed by atoms with Crippen molar-refractivity contribution in [1.82, 2.24) is 0 Å². The van der Waals surface area contributed by atoms with Crippen LogP contribution in [0.3, 0.4) is 0 Å². The second-order valence-corrected chi connectivity index (χ2v) is 4.56. The second kappa shape index (κ2) is 4.42. The fourth-order valence-electron chi connectivity index (χ4n) is 2.46. The van der Waals surface area contributed by atoms with Gasteiger partial charge in [-0.2, -0.15) is 0 Å². The number of benzene rings is 1. The van der Waals surface area contributed by atoms with Gasteiger partial charge in [0.15, 0.2) is 0 Å². The van der Waals surface area contributed by atoms with Gasteiger partial charge in [0, 0.05) is 11.1 Å². The molecule has 2 rings (SSSR count). The molecule has 0 bridgehead atoms. The molecule has 1 aromatic carbocycles. The molecule has 1 aliphatic carbocycles. The lowest BCUT2D eigenvalue weighted by atomic mass is 9.77. The molecule has 16 heavy (non-hydrogen) atoms. The van der Waals surface area contributed by atoms with Crippen molar-refractivity contribution in [2.45, 2.75) is 37.6 Å². The van der Waals surface area contributed by atoms with Crippen LogP contribution in [0.4, 0.5) is 4.39 Å². The van der Waals surface area contributed by atoms with Crippen molar-refractivity contribution >= 4 is 0 Å². The van der Waals surface area contributed by atoms with Crippen LogP contribution in [0.15, 0.2) is 18.2 Å². The van der Waals surface area contributed by atoms with Crippen molar-refractivity contribution in [3.8, 4) is 5.75 Å². The summed E-state index contributed by atoms with van der Waals surface area (Å²) in [7, 11) is 1.58. The molecular weight excluding hydrogens is 205 g/mol. The van der Waals surface area contributed by atoms with Crippen LogP contribution in [-0.2, 0) is 5.54 Å². The molecule has 1 fully saturated rings. The van der Waals surface area contributed by atoms with E-state index in [1.807, 2.05) is 0 Å². The molecule has 1 saturated carbocycles. The number of hydrogen-bond acceptors (Lipinski definition) is 2. The molecular formula is C13H18FNO. The number of ether oxygens (including phenoxy) is 1. The van der Waals surface area contributed by atoms with Gasteiger partial charge >= 0.3 is 0 Å². The SMILES string of the molecule is COc1ccc(F)c(C2(N)CCCCC2)c1. The molecule has 0 amide bonds. The summed E-state index contributed by atoms with van der Waals surface area (Å²) in [5.74, 6) is 0.456. The van der Waals surface area contributed by atoms with Gasteiger partial charge in [-0.3, -0.25) is 0 Å². The van der Waals surface area contributed by atoms with Gasteiger partial charge in [0.1, 0.15) is 11.6 Å². The summed E-state index contributed by atoms with van der Waals surface area (Å²) in [6, 6.07) is 4.81. The van der Waals surface area contributed by atoms with Crippen molar-refractivity contribution in [2.24, 2.45) is 5.73 Å². The van der Waals surface area contributed by atoms with Crippen LogP contribution in [0.1, 0.15) is 37.7 Å². The Morgan fingerprint density at radius 1 is 1.25 bits per heavy atom. The molecule has 1 aromatic rings. The first kappa shape index (κ1) is 11.4. The predicted molar refractivity (Wildman–Crippen MR) is 61.9 cm³/mol. The first-order valence-electron chi connectivity index (χ1n) is 5.79. The van der Waals surface area contributed by atoms with Gasteiger partial charge in [0.05, 0.1) is 7.11 Å². The molecule has 88 valence electrons. The molecule has 0 radical (unpaired) electrons. The maximum Gasteiger partial charge on any atom is 0.128 e. The molecule has 3 heteroatoms. The highest BCUT2D eigenvalue weighted by Crippen LogP contribution is 2.37. The van der Waals surface area contributed by atoms with E-state index in [2.05, 4.69) is 0 Å². The third kappa shape index (κ3) is 2.05. The fraction of sp³-hybridized carbons (Fsp3) is 0.538. The van der Waals surface area contributed by atoms with Crippen LogP contribution < -0.4 is 10.5 Å². The molecule has 0 aliphatic heterocycles. The van der Waals surface area contributed by atoms with E-state index >= 15 is 0 Å². The summed E-state index contributed by atoms with van der Waals surface area (Å²) in [6.45, 7) is 0. The van der Waals surface area contributed by atoms with E-state index in [0.717, 1.165) is 25.7 Å². The van der Waals surface area contributed by atoms with E-state index in [4.69, 9.17) is 10.5 Å². The zero-order valence-corrected chi connectivity index (χ0v) is 9.63. The van der Waals surface area contributed by atoms with Crippen molar-refractivity contribution in [2.75, 3.05) is 7.11 Å². The summed E-state index contributed by atoms with van der Waals surface area (Å²) >= 11 is 0. The van der Waals surface area contributed by atoms with Crippen LogP contribution in [0, 0.1) is 5.82 Å². The molecule has 0 spiro atoms. The van der Waals surface area contributed by atoms with Crippen molar-refractivity contribution in [1.29, 1.82) is 0 Å². The third-order valence-electron chi connectivity index (χ3n) is 3.46. The minimum absolute atomic E-state index is 0.217. The monoisotopic (exact) mass is 223 g/mol. The molecule has 0 saturated heterocycles. The van der Waals surface area contributed by atoms with Crippen molar-refractivity contribution in [3.05, 3.63) is 29.6 Å². The smallest absolute Gasteiger partial charge is 0.128 e. The Kier molecular flexibility index (Phi) is 3.15. The summed E-state index contributed by atoms with van der Waals surface area (Å²) in [4.78, 5) is 0. The Morgan fingerprint density at radius 2 is 1.94 bits per heavy atom. The molecule has 0 unspecified atom stereocenters. The van der Waals surface area contributed by atoms with E-state index in [9.17, 15) is 4.39 Å². The Hall–Kier alpha value is -1.09. The zero-order valence-electron chi connectivity index (χ0n) is 9.63. The van der Waals surface area contributed by atoms with Gasteiger partial charge < -0.3 is 10.5 Å². The largest absolute Gasteiger partial charge is 0.497 e. The van der Waals surface area contributed by atoms with Crippen molar-refractivity contribution in [3.63, 3.8) is 0 Å². The van der Waals surface area contributed by atoms with Gasteiger partial charge in [-0.1, -0.05) is 19.3 Å². The zero-order chi connectivity index (χ0) is 11.6. The summed E-state index contributed by atoms with van der Waals surface area (Å²) in [5, 5.41) is 0. The second-order valence-electron chi connectivity index (χ2n) is 4.56. The van der Waals surface area contributed by atoms with Crippen molar-refractivity contribution < 1.29 is 9.13 Å². The van der Waals surface area contributed by atoms with E-state index in [1.165, 1.54) is 12.5 Å². The lowest BCUT2D eigenvalue weighted by Gasteiger charge is -2.34. The van der Waals surface area contributed by atoms with Gasteiger partial charge in [-0.05, 0) is 31.0 Å². The maximum atomic E-state index is 13.8. The summed E-state index contributed by atoms with van der Waals surface area (Å²) in [5.41, 5.74) is 6.41. The summed E-state index contributed by atoms with van der Waals surface area (Å²) < 4.78 is 18.9. The number of nitrogens with two attached hydrogens (primary N) is 1. The predicted octanol–water partition coefficient (Wildman–Crippen LogP) is 2.95. The molecule has 2 nitrogen and oxygen atoms in total. The number of rotatable bonds is 2. The molecule has 0 heterocycles. The lowest BCUT2D eigenvalue weighted by molar-refractivity contribution is 0.291. The minimum atomic E-state index is -0.503. The van der Waals surface area contributed by atoms with Gasteiger partial charge in [-0.15, -0.1) is 0 Å². The van der Waals surface area contributed by atoms with Crippen LogP contribution >= 0.6 is 0 Å². The van der Waals surface area contributed by atoms with Crippen LogP contribution in [0.2, 0.25) is 0 Å². The van der Waals surface area contributed by atoms with E-state index in [1.54, 1.807) is 19.2 Å². The first-order valence-corrected chi connectivity index (χ1v) is 5.79. The highest BCUT2D eigenvalue weighted by molar-refractivity contribution is 5.34. The average molecular weight is 223 g/mol. The highest BCUT2D eigenvalue weighted by atomic mass is 19.1. The van der Waals surface area contributed by atoms with Gasteiger partial charge in [-0.25, -0.2) is 4.39 Å². The highest BCUT2D eigenvalue weighted by Gasteiger charge is 2.32. The molecule has 0 aromatic heterocycles. The van der Waals surface area contributed by atoms with Gasteiger partial charge in [0.25, 0.3) is 0 Å². The van der Waals surface area contributed by atoms with Gasteiger partial charge in [0.2, 0.25) is 0 Å². The molecule has 0 atom stereocenters. The maximum absolute atomic E-state index is 13.8. The average Bonchev–Trinajstić information content (AvgIpc) is 2.30. The van der Waals surface area contributed by atoms with E-state index in [0.29, 0.717) is 11.3 Å². The van der Waals surface area contributed by atoms with E-state index in [-0.39, 0.29) is 5.82 Å². The minimum Gasteiger partial charge on any atom is -0.497 e. The standard InChI is InChI=1S/C13H18FNO/c1-16-10-5-6-12(14)11(9-10)13(15)7-3-2-4-8-13/h5-6,9H,2-4,7-8,15H2,1H3. The normalized spacial score (nSPS) is 19.4.